The summed E-state index contributed by atoms with van der Waals surface area (Å²) in [5.41, 5.74) is -2.09. The van der Waals surface area contributed by atoms with Crippen LogP contribution < -0.4 is 0 Å². The molecule has 0 radical (unpaired) electrons. The van der Waals surface area contributed by atoms with Crippen molar-refractivity contribution in [1.29, 1.82) is 0 Å². The zero-order valence-corrected chi connectivity index (χ0v) is 17.3. The molecular weight excluding hydrogens is 385 g/mol. The van der Waals surface area contributed by atoms with E-state index in [9.17, 15) is 23.1 Å². The van der Waals surface area contributed by atoms with E-state index in [-0.39, 0.29) is 18.1 Å². The number of carbonyl (C=O) groups is 1. The fourth-order valence-corrected chi connectivity index (χ4v) is 3.01. The second-order valence-corrected chi connectivity index (χ2v) is 7.13. The Labute approximate surface area is 170 Å². The number of alkyl halides is 3. The molecule has 29 heavy (non-hydrogen) atoms. The molecule has 0 fully saturated rings. The lowest BCUT2D eigenvalue weighted by Crippen LogP contribution is -2.52. The van der Waals surface area contributed by atoms with E-state index in [1.165, 1.54) is 24.3 Å². The maximum atomic E-state index is 13.8. The van der Waals surface area contributed by atoms with Gasteiger partial charge in [-0.2, -0.15) is 13.2 Å². The maximum Gasteiger partial charge on any atom is 0.432 e. The summed E-state index contributed by atoms with van der Waals surface area (Å²) >= 11 is 0. The summed E-state index contributed by atoms with van der Waals surface area (Å²) in [6.45, 7) is 9.04. The quantitative estimate of drug-likeness (QED) is 0.436. The van der Waals surface area contributed by atoms with Crippen molar-refractivity contribution < 1.29 is 32.5 Å². The number of benzene rings is 1. The Balaban J connectivity index is 2.88. The summed E-state index contributed by atoms with van der Waals surface area (Å²) in [7, 11) is 0.833. The maximum absolute atomic E-state index is 13.8. The molecule has 0 saturated carbocycles. The molecule has 0 aliphatic carbocycles. The zero-order valence-electron chi connectivity index (χ0n) is 17.3. The Morgan fingerprint density at radius 2 is 1.86 bits per heavy atom. The third kappa shape index (κ3) is 6.18. The number of methoxy groups -OCH3 is 1. The highest BCUT2D eigenvalue weighted by Crippen LogP contribution is 2.43. The van der Waals surface area contributed by atoms with Crippen LogP contribution in [0.2, 0.25) is 0 Å². The number of allylic oxidation sites excluding steroid dienone is 2. The van der Waals surface area contributed by atoms with E-state index in [0.29, 0.717) is 18.4 Å². The van der Waals surface area contributed by atoms with E-state index < -0.39 is 23.9 Å². The van der Waals surface area contributed by atoms with Gasteiger partial charge >= 0.3 is 12.1 Å². The first-order valence-electron chi connectivity index (χ1n) is 9.38. The lowest BCUT2D eigenvalue weighted by Gasteiger charge is -2.32. The normalized spacial score (nSPS) is 16.6. The average molecular weight is 414 g/mol. The fraction of sp³-hybridized carbons (Fsp3) is 0.500. The molecule has 4 nitrogen and oxygen atoms in total. The van der Waals surface area contributed by atoms with E-state index >= 15 is 0 Å². The van der Waals surface area contributed by atoms with Gasteiger partial charge in [0.25, 0.3) is 5.60 Å². The molecule has 0 spiro atoms. The summed E-state index contributed by atoms with van der Waals surface area (Å²) in [6.07, 6.45) is -2.86. The Hall–Kier alpha value is -2.12. The van der Waals surface area contributed by atoms with Gasteiger partial charge in [-0.1, -0.05) is 62.4 Å². The van der Waals surface area contributed by atoms with E-state index in [1.54, 1.807) is 26.0 Å². The average Bonchev–Trinajstić information content (AvgIpc) is 2.66. The van der Waals surface area contributed by atoms with Crippen molar-refractivity contribution in [2.75, 3.05) is 13.7 Å². The van der Waals surface area contributed by atoms with E-state index in [1.807, 2.05) is 6.92 Å². The first kappa shape index (κ1) is 24.9. The second kappa shape index (κ2) is 10.6. The van der Waals surface area contributed by atoms with Gasteiger partial charge in [-0.15, -0.1) is 0 Å². The SMILES string of the molecule is C=C(/C=C(\C)[C@@H](O)CC)C[C@@H](C)COC(=O)[C@](OC)(c1ccccc1)C(F)(F)F. The summed E-state index contributed by atoms with van der Waals surface area (Å²) < 4.78 is 51.2. The van der Waals surface area contributed by atoms with Crippen molar-refractivity contribution in [2.24, 2.45) is 5.92 Å². The number of hydrogen-bond acceptors (Lipinski definition) is 4. The van der Waals surface area contributed by atoms with Gasteiger partial charge in [-0.25, -0.2) is 4.79 Å². The third-order valence-electron chi connectivity index (χ3n) is 4.63. The third-order valence-corrected chi connectivity index (χ3v) is 4.63. The predicted octanol–water partition coefficient (Wildman–Crippen LogP) is 4.93. The Bertz CT molecular complexity index is 713. The lowest BCUT2D eigenvalue weighted by atomic mass is 9.92. The van der Waals surface area contributed by atoms with Crippen LogP contribution >= 0.6 is 0 Å². The zero-order chi connectivity index (χ0) is 22.2. The van der Waals surface area contributed by atoms with E-state index in [0.717, 1.165) is 12.7 Å². The highest BCUT2D eigenvalue weighted by atomic mass is 19.4. The molecule has 0 bridgehead atoms. The van der Waals surface area contributed by atoms with Crippen molar-refractivity contribution in [3.05, 3.63) is 59.7 Å². The first-order chi connectivity index (χ1) is 13.5. The van der Waals surface area contributed by atoms with E-state index in [4.69, 9.17) is 9.47 Å². The molecule has 7 heteroatoms. The van der Waals surface area contributed by atoms with Gasteiger partial charge < -0.3 is 14.6 Å². The molecule has 0 saturated heterocycles. The Kier molecular flexibility index (Phi) is 9.11. The molecule has 0 amide bonds. The van der Waals surface area contributed by atoms with E-state index in [2.05, 4.69) is 6.58 Å². The molecule has 1 N–H and O–H groups in total. The summed E-state index contributed by atoms with van der Waals surface area (Å²) in [6, 6.07) is 6.69. The molecule has 162 valence electrons. The minimum absolute atomic E-state index is 0.227. The number of hydrogen-bond donors (Lipinski definition) is 1. The number of aliphatic hydroxyl groups is 1. The van der Waals surface area contributed by atoms with Crippen molar-refractivity contribution in [3.63, 3.8) is 0 Å². The number of carbonyl (C=O) groups excluding carboxylic acids is 1. The van der Waals surface area contributed by atoms with Gasteiger partial charge in [0.15, 0.2) is 0 Å². The molecular formula is C22H29F3O4. The molecule has 0 aliphatic heterocycles. The van der Waals surface area contributed by atoms with Crippen LogP contribution in [0.1, 0.15) is 39.2 Å². The number of rotatable bonds is 10. The van der Waals surface area contributed by atoms with Crippen LogP contribution in [0.15, 0.2) is 54.1 Å². The molecule has 1 aromatic rings. The highest BCUT2D eigenvalue weighted by Gasteiger charge is 2.64. The number of halogens is 3. The van der Waals surface area contributed by atoms with Crippen LogP contribution in [0, 0.1) is 5.92 Å². The van der Waals surface area contributed by atoms with Crippen molar-refractivity contribution in [2.45, 2.75) is 51.5 Å². The summed E-state index contributed by atoms with van der Waals surface area (Å²) in [5.74, 6) is -1.78. The van der Waals surface area contributed by atoms with Crippen LogP contribution in [-0.2, 0) is 19.9 Å². The topological polar surface area (TPSA) is 55.8 Å². The molecule has 0 unspecified atom stereocenters. The van der Waals surface area contributed by atoms with Gasteiger partial charge in [0.1, 0.15) is 0 Å². The molecule has 1 aromatic carbocycles. The fourth-order valence-electron chi connectivity index (χ4n) is 3.01. The Morgan fingerprint density at radius 1 is 1.28 bits per heavy atom. The van der Waals surface area contributed by atoms with Crippen molar-refractivity contribution in [3.8, 4) is 0 Å². The molecule has 3 atom stereocenters. The van der Waals surface area contributed by atoms with Gasteiger partial charge in [-0.3, -0.25) is 0 Å². The minimum atomic E-state index is -5.00. The van der Waals surface area contributed by atoms with Gasteiger partial charge in [0, 0.05) is 12.7 Å². The Morgan fingerprint density at radius 3 is 2.34 bits per heavy atom. The van der Waals surface area contributed by atoms with Crippen molar-refractivity contribution in [1.82, 2.24) is 0 Å². The molecule has 0 aliphatic rings. The second-order valence-electron chi connectivity index (χ2n) is 7.13. The minimum Gasteiger partial charge on any atom is -0.463 e. The first-order valence-corrected chi connectivity index (χ1v) is 9.38. The summed E-state index contributed by atoms with van der Waals surface area (Å²) in [5, 5.41) is 9.79. The molecule has 0 aromatic heterocycles. The summed E-state index contributed by atoms with van der Waals surface area (Å²) in [4.78, 5) is 12.5. The number of aliphatic hydroxyl groups excluding tert-OH is 1. The lowest BCUT2D eigenvalue weighted by molar-refractivity contribution is -0.276. The van der Waals surface area contributed by atoms with Crippen molar-refractivity contribution >= 4 is 5.97 Å². The van der Waals surface area contributed by atoms with Gasteiger partial charge in [-0.05, 0) is 31.3 Å². The molecule has 1 rings (SSSR count). The predicted molar refractivity (Wildman–Crippen MR) is 105 cm³/mol. The molecule has 0 heterocycles. The van der Waals surface area contributed by atoms with Crippen LogP contribution in [0.4, 0.5) is 13.2 Å². The smallest absolute Gasteiger partial charge is 0.432 e. The van der Waals surface area contributed by atoms with Crippen LogP contribution in [0.3, 0.4) is 0 Å². The van der Waals surface area contributed by atoms with Gasteiger partial charge in [0.05, 0.1) is 12.7 Å². The van der Waals surface area contributed by atoms with Crippen LogP contribution in [-0.4, -0.2) is 37.1 Å². The van der Waals surface area contributed by atoms with Crippen LogP contribution in [0.25, 0.3) is 0 Å². The van der Waals surface area contributed by atoms with Gasteiger partial charge in [0.2, 0.25) is 0 Å². The number of esters is 1. The van der Waals surface area contributed by atoms with Crippen LogP contribution in [0.5, 0.6) is 0 Å². The highest BCUT2D eigenvalue weighted by molar-refractivity contribution is 5.82. The monoisotopic (exact) mass is 414 g/mol. The largest absolute Gasteiger partial charge is 0.463 e. The standard InChI is InChI=1S/C22H29F3O4/c1-6-19(26)17(4)13-15(2)12-16(3)14-29-20(27)21(28-5,22(23,24)25)18-10-8-7-9-11-18/h7-11,13,16,19,26H,2,6,12,14H2,1,3-5H3/b17-13+/t16-,19+,21-/m1/s1. The number of ether oxygens (including phenoxy) is 2.